The molecule has 1 aliphatic heterocycles. The fraction of sp³-hybridized carbons (Fsp3) is 0.294. The number of nitro benzene ring substituents is 1. The van der Waals surface area contributed by atoms with Gasteiger partial charge >= 0.3 is 0 Å². The highest BCUT2D eigenvalue weighted by molar-refractivity contribution is 6.37. The Labute approximate surface area is 154 Å². The van der Waals surface area contributed by atoms with Crippen LogP contribution in [0.15, 0.2) is 24.3 Å². The van der Waals surface area contributed by atoms with E-state index < -0.39 is 22.7 Å². The number of anilines is 1. The standard InChI is InChI=1S/C17H13Cl2FN2O3/c18-10-6-9(22(23)24)7-11(19)16(10)25-13-3-2-12-14(15(13)20)17(8-21-12)4-1-5-17/h2-3,6-7,21H,1,4-5,8H2/i8D. The van der Waals surface area contributed by atoms with Crippen molar-refractivity contribution in [2.45, 2.75) is 24.7 Å². The van der Waals surface area contributed by atoms with Gasteiger partial charge in [0.2, 0.25) is 0 Å². The van der Waals surface area contributed by atoms with E-state index in [0.717, 1.165) is 31.4 Å². The summed E-state index contributed by atoms with van der Waals surface area (Å²) in [6.07, 6.45) is 2.42. The molecule has 1 saturated carbocycles. The van der Waals surface area contributed by atoms with Gasteiger partial charge in [-0.3, -0.25) is 10.1 Å². The monoisotopic (exact) mass is 383 g/mol. The Bertz CT molecular complexity index is 913. The number of nitro groups is 1. The minimum absolute atomic E-state index is 0.0474. The van der Waals surface area contributed by atoms with Crippen LogP contribution < -0.4 is 10.1 Å². The van der Waals surface area contributed by atoms with Crippen LogP contribution in [0.1, 0.15) is 26.2 Å². The van der Waals surface area contributed by atoms with Gasteiger partial charge in [0.25, 0.3) is 5.69 Å². The lowest BCUT2D eigenvalue weighted by atomic mass is 9.65. The number of hydrogen-bond donors (Lipinski definition) is 1. The van der Waals surface area contributed by atoms with Crippen LogP contribution in [0.25, 0.3) is 0 Å². The zero-order valence-electron chi connectivity index (χ0n) is 13.8. The van der Waals surface area contributed by atoms with Gasteiger partial charge in [0.05, 0.1) is 15.0 Å². The van der Waals surface area contributed by atoms with Crippen LogP contribution in [0.4, 0.5) is 15.8 Å². The van der Waals surface area contributed by atoms with E-state index in [9.17, 15) is 10.1 Å². The molecule has 0 saturated heterocycles. The van der Waals surface area contributed by atoms with E-state index in [1.807, 2.05) is 0 Å². The number of rotatable bonds is 3. The Morgan fingerprint density at radius 2 is 2.00 bits per heavy atom. The van der Waals surface area contributed by atoms with Gasteiger partial charge in [-0.1, -0.05) is 29.6 Å². The molecular weight excluding hydrogens is 370 g/mol. The number of non-ortho nitro benzene ring substituents is 1. The number of nitrogens with zero attached hydrogens (tertiary/aromatic N) is 1. The molecule has 0 radical (unpaired) electrons. The second kappa shape index (κ2) is 5.75. The van der Waals surface area contributed by atoms with E-state index in [0.29, 0.717) is 11.3 Å². The first-order valence-corrected chi connectivity index (χ1v) is 8.42. The van der Waals surface area contributed by atoms with Gasteiger partial charge in [-0.15, -0.1) is 0 Å². The first kappa shape index (κ1) is 15.2. The summed E-state index contributed by atoms with van der Waals surface area (Å²) < 4.78 is 29.0. The van der Waals surface area contributed by atoms with Gasteiger partial charge in [-0.2, -0.15) is 0 Å². The molecule has 1 fully saturated rings. The highest BCUT2D eigenvalue weighted by Gasteiger charge is 2.46. The van der Waals surface area contributed by atoms with Gasteiger partial charge < -0.3 is 10.1 Å². The van der Waals surface area contributed by atoms with E-state index >= 15 is 4.39 Å². The summed E-state index contributed by atoms with van der Waals surface area (Å²) in [6, 6.07) is 5.29. The van der Waals surface area contributed by atoms with Crippen molar-refractivity contribution in [2.75, 3.05) is 11.8 Å². The average molecular weight is 384 g/mol. The normalized spacial score (nSPS) is 20.4. The summed E-state index contributed by atoms with van der Waals surface area (Å²) >= 11 is 12.1. The molecule has 2 aromatic rings. The largest absolute Gasteiger partial charge is 0.451 e. The number of hydrogen-bond acceptors (Lipinski definition) is 4. The van der Waals surface area contributed by atoms with Crippen LogP contribution in [0.5, 0.6) is 11.5 Å². The molecule has 130 valence electrons. The number of fused-ring (bicyclic) bond motifs is 2. The second-order valence-corrected chi connectivity index (χ2v) is 7.01. The van der Waals surface area contributed by atoms with Crippen molar-refractivity contribution < 1.29 is 15.4 Å². The molecule has 5 nitrogen and oxygen atoms in total. The Hall–Kier alpha value is -2.05. The van der Waals surface area contributed by atoms with E-state index in [4.69, 9.17) is 29.3 Å². The van der Waals surface area contributed by atoms with Gasteiger partial charge in [-0.25, -0.2) is 4.39 Å². The summed E-state index contributed by atoms with van der Waals surface area (Å²) in [7, 11) is 0. The van der Waals surface area contributed by atoms with Gasteiger partial charge in [-0.05, 0) is 25.0 Å². The molecule has 4 rings (SSSR count). The first-order chi connectivity index (χ1) is 12.3. The molecule has 1 aliphatic carbocycles. The quantitative estimate of drug-likeness (QED) is 0.546. The predicted molar refractivity (Wildman–Crippen MR) is 93.6 cm³/mol. The summed E-state index contributed by atoms with van der Waals surface area (Å²) in [5.74, 6) is -0.688. The van der Waals surface area contributed by atoms with Crippen molar-refractivity contribution in [1.29, 1.82) is 0 Å². The Balaban J connectivity index is 1.75. The topological polar surface area (TPSA) is 64.4 Å². The van der Waals surface area contributed by atoms with Crippen molar-refractivity contribution >= 4 is 34.6 Å². The van der Waals surface area contributed by atoms with Crippen molar-refractivity contribution in [3.8, 4) is 11.5 Å². The third-order valence-corrected chi connectivity index (χ3v) is 5.32. The Morgan fingerprint density at radius 3 is 2.56 bits per heavy atom. The minimum Gasteiger partial charge on any atom is -0.451 e. The van der Waals surface area contributed by atoms with Crippen molar-refractivity contribution in [1.82, 2.24) is 0 Å². The molecule has 1 heterocycles. The highest BCUT2D eigenvalue weighted by Crippen LogP contribution is 2.53. The molecule has 8 heteroatoms. The predicted octanol–water partition coefficient (Wildman–Crippen LogP) is 5.68. The second-order valence-electron chi connectivity index (χ2n) is 6.20. The Morgan fingerprint density at radius 1 is 1.32 bits per heavy atom. The minimum atomic E-state index is -0.627. The van der Waals surface area contributed by atoms with Crippen LogP contribution >= 0.6 is 23.2 Å². The molecule has 1 N–H and O–H groups in total. The summed E-state index contributed by atoms with van der Waals surface area (Å²) in [6.45, 7) is -0.595. The molecule has 0 bridgehead atoms. The van der Waals surface area contributed by atoms with E-state index in [1.54, 1.807) is 6.07 Å². The molecule has 0 aromatic heterocycles. The van der Waals surface area contributed by atoms with Gasteiger partial charge in [0, 0.05) is 36.7 Å². The van der Waals surface area contributed by atoms with Crippen LogP contribution in [-0.2, 0) is 5.41 Å². The molecular formula is C17H13Cl2FN2O3. The summed E-state index contributed by atoms with van der Waals surface area (Å²) in [5.41, 5.74) is 0.226. The first-order valence-electron chi connectivity index (χ1n) is 8.24. The lowest BCUT2D eigenvalue weighted by Crippen LogP contribution is -2.36. The lowest BCUT2D eigenvalue weighted by Gasteiger charge is -2.38. The zero-order chi connectivity index (χ0) is 18.6. The van der Waals surface area contributed by atoms with Gasteiger partial charge in [0.15, 0.2) is 17.3 Å². The molecule has 1 atom stereocenters. The highest BCUT2D eigenvalue weighted by atomic mass is 35.5. The lowest BCUT2D eigenvalue weighted by molar-refractivity contribution is -0.384. The number of nitrogens with one attached hydrogen (secondary N) is 1. The van der Waals surface area contributed by atoms with E-state index in [2.05, 4.69) is 5.32 Å². The third-order valence-electron chi connectivity index (χ3n) is 4.76. The molecule has 25 heavy (non-hydrogen) atoms. The molecule has 1 unspecified atom stereocenters. The van der Waals surface area contributed by atoms with Crippen molar-refractivity contribution in [3.05, 3.63) is 55.8 Å². The molecule has 2 aromatic carbocycles. The zero-order valence-corrected chi connectivity index (χ0v) is 14.3. The fourth-order valence-corrected chi connectivity index (χ4v) is 3.89. The van der Waals surface area contributed by atoms with Gasteiger partial charge in [0.1, 0.15) is 0 Å². The molecule has 2 aliphatic rings. The van der Waals surface area contributed by atoms with Crippen LogP contribution in [0.2, 0.25) is 10.0 Å². The summed E-state index contributed by atoms with van der Waals surface area (Å²) in [4.78, 5) is 10.2. The molecule has 0 amide bonds. The third kappa shape index (κ3) is 2.51. The van der Waals surface area contributed by atoms with Crippen LogP contribution in [0.3, 0.4) is 0 Å². The summed E-state index contributed by atoms with van der Waals surface area (Å²) in [5, 5.41) is 13.7. The van der Waals surface area contributed by atoms with E-state index in [-0.39, 0.29) is 27.2 Å². The van der Waals surface area contributed by atoms with Crippen LogP contribution in [-0.4, -0.2) is 11.4 Å². The number of halogens is 3. The van der Waals surface area contributed by atoms with E-state index in [1.165, 1.54) is 6.07 Å². The maximum Gasteiger partial charge on any atom is 0.272 e. The van der Waals surface area contributed by atoms with Crippen molar-refractivity contribution in [3.63, 3.8) is 0 Å². The average Bonchev–Trinajstić information content (AvgIpc) is 2.85. The smallest absolute Gasteiger partial charge is 0.272 e. The maximum absolute atomic E-state index is 15.2. The number of ether oxygens (including phenoxy) is 1. The van der Waals surface area contributed by atoms with Crippen LogP contribution in [0, 0.1) is 15.9 Å². The maximum atomic E-state index is 15.2. The fourth-order valence-electron chi connectivity index (χ4n) is 3.34. The SMILES string of the molecule is [2H]C1Nc2ccc(Oc3c(Cl)cc([N+](=O)[O-])cc3Cl)c(F)c2C12CCC2. The molecule has 1 spiro atoms. The van der Waals surface area contributed by atoms with Crippen molar-refractivity contribution in [2.24, 2.45) is 0 Å². The number of benzene rings is 2. The Kier molecular flexibility index (Phi) is 3.50.